The number of aromatic amines is 1. The molecule has 23 heavy (non-hydrogen) atoms. The maximum atomic E-state index is 12.9. The molecule has 1 amide bonds. The highest BCUT2D eigenvalue weighted by molar-refractivity contribution is 9.10. The van der Waals surface area contributed by atoms with Gasteiger partial charge in [0.15, 0.2) is 0 Å². The highest BCUT2D eigenvalue weighted by Gasteiger charge is 2.48. The molecule has 118 valence electrons. The minimum absolute atomic E-state index is 0.0486. The summed E-state index contributed by atoms with van der Waals surface area (Å²) in [5, 5.41) is 0. The molecule has 1 aliphatic heterocycles. The summed E-state index contributed by atoms with van der Waals surface area (Å²) in [4.78, 5) is 29.0. The minimum Gasteiger partial charge on any atom is -0.328 e. The van der Waals surface area contributed by atoms with Crippen LogP contribution < -0.4 is 10.5 Å². The Morgan fingerprint density at radius 2 is 2.04 bits per heavy atom. The number of hydrogen-bond acceptors (Lipinski definition) is 2. The van der Waals surface area contributed by atoms with E-state index in [0.717, 1.165) is 30.6 Å². The SMILES string of the molecule is O=C(Cc1cc[nH]c(=O)c1Br)N1CC2(CCC2)c2ccccc21. The molecule has 0 unspecified atom stereocenters. The molecule has 2 aliphatic rings. The molecule has 1 aromatic carbocycles. The second-order valence-electron chi connectivity index (χ2n) is 6.45. The number of fused-ring (bicyclic) bond motifs is 2. The van der Waals surface area contributed by atoms with Crippen LogP contribution in [-0.4, -0.2) is 17.4 Å². The van der Waals surface area contributed by atoms with Gasteiger partial charge in [0.1, 0.15) is 0 Å². The first-order valence-electron chi connectivity index (χ1n) is 7.87. The van der Waals surface area contributed by atoms with E-state index in [0.29, 0.717) is 4.47 Å². The fourth-order valence-corrected chi connectivity index (χ4v) is 4.17. The molecule has 2 heterocycles. The molecule has 2 aromatic rings. The first-order chi connectivity index (χ1) is 11.1. The number of rotatable bonds is 2. The van der Waals surface area contributed by atoms with E-state index in [1.54, 1.807) is 12.3 Å². The quantitative estimate of drug-likeness (QED) is 0.880. The summed E-state index contributed by atoms with van der Waals surface area (Å²) in [7, 11) is 0. The van der Waals surface area contributed by atoms with E-state index in [9.17, 15) is 9.59 Å². The molecule has 5 heteroatoms. The third-order valence-corrected chi connectivity index (χ3v) is 6.03. The number of nitrogens with one attached hydrogen (secondary N) is 1. The Morgan fingerprint density at radius 1 is 1.26 bits per heavy atom. The maximum absolute atomic E-state index is 12.9. The van der Waals surface area contributed by atoms with Crippen molar-refractivity contribution in [3.05, 3.63) is 62.5 Å². The third kappa shape index (κ3) is 2.26. The Bertz CT molecular complexity index is 839. The molecule has 1 N–H and O–H groups in total. The van der Waals surface area contributed by atoms with E-state index in [1.165, 1.54) is 12.0 Å². The lowest BCUT2D eigenvalue weighted by Gasteiger charge is -2.39. The van der Waals surface area contributed by atoms with Crippen LogP contribution in [-0.2, 0) is 16.6 Å². The molecule has 1 spiro atoms. The molecule has 4 nitrogen and oxygen atoms in total. The number of nitrogens with zero attached hydrogens (tertiary/aromatic N) is 1. The number of carbonyl (C=O) groups is 1. The maximum Gasteiger partial charge on any atom is 0.262 e. The van der Waals surface area contributed by atoms with Gasteiger partial charge in [0.05, 0.1) is 10.9 Å². The van der Waals surface area contributed by atoms with Crippen LogP contribution in [0.1, 0.15) is 30.4 Å². The Labute approximate surface area is 142 Å². The number of H-pyrrole nitrogens is 1. The topological polar surface area (TPSA) is 53.2 Å². The van der Waals surface area contributed by atoms with Gasteiger partial charge in [-0.25, -0.2) is 0 Å². The summed E-state index contributed by atoms with van der Waals surface area (Å²) in [5.41, 5.74) is 3.04. The molecule has 1 saturated carbocycles. The van der Waals surface area contributed by atoms with Gasteiger partial charge < -0.3 is 9.88 Å². The second-order valence-corrected chi connectivity index (χ2v) is 7.25. The summed E-state index contributed by atoms with van der Waals surface area (Å²) < 4.78 is 0.444. The van der Waals surface area contributed by atoms with Gasteiger partial charge in [-0.3, -0.25) is 9.59 Å². The number of amides is 1. The molecule has 4 rings (SSSR count). The van der Waals surface area contributed by atoms with Crippen LogP contribution in [0.15, 0.2) is 45.8 Å². The van der Waals surface area contributed by atoms with E-state index >= 15 is 0 Å². The summed E-state index contributed by atoms with van der Waals surface area (Å²) >= 11 is 3.28. The van der Waals surface area contributed by atoms with Crippen molar-refractivity contribution in [1.82, 2.24) is 4.98 Å². The van der Waals surface area contributed by atoms with Crippen molar-refractivity contribution in [3.8, 4) is 0 Å². The van der Waals surface area contributed by atoms with Crippen LogP contribution in [0, 0.1) is 0 Å². The predicted molar refractivity (Wildman–Crippen MR) is 92.8 cm³/mol. The standard InChI is InChI=1S/C18H17BrN2O2/c19-16-12(6-9-20-17(16)23)10-15(22)21-11-18(7-3-8-18)13-4-1-2-5-14(13)21/h1-2,4-6,9H,3,7-8,10-11H2,(H,20,23). The number of aromatic nitrogens is 1. The van der Waals surface area contributed by atoms with Crippen LogP contribution in [0.3, 0.4) is 0 Å². The van der Waals surface area contributed by atoms with Crippen molar-refractivity contribution >= 4 is 27.5 Å². The smallest absolute Gasteiger partial charge is 0.262 e. The number of halogens is 1. The number of hydrogen-bond donors (Lipinski definition) is 1. The van der Waals surface area contributed by atoms with Gasteiger partial charge in [0.2, 0.25) is 5.91 Å². The number of para-hydroxylation sites is 1. The van der Waals surface area contributed by atoms with Crippen molar-refractivity contribution in [2.75, 3.05) is 11.4 Å². The van der Waals surface area contributed by atoms with Gasteiger partial charge in [-0.2, -0.15) is 0 Å². The van der Waals surface area contributed by atoms with Crippen molar-refractivity contribution in [2.24, 2.45) is 0 Å². The van der Waals surface area contributed by atoms with Crippen LogP contribution in [0.5, 0.6) is 0 Å². The molecule has 1 fully saturated rings. The fourth-order valence-electron chi connectivity index (χ4n) is 3.78. The Kier molecular flexibility index (Phi) is 3.41. The molecule has 1 aromatic heterocycles. The zero-order chi connectivity index (χ0) is 16.0. The molecule has 1 aliphatic carbocycles. The van der Waals surface area contributed by atoms with Gasteiger partial charge in [0, 0.05) is 23.8 Å². The van der Waals surface area contributed by atoms with E-state index in [-0.39, 0.29) is 23.3 Å². The lowest BCUT2D eigenvalue weighted by Crippen LogP contribution is -2.42. The second kappa shape index (κ2) is 5.34. The fraction of sp³-hybridized carbons (Fsp3) is 0.333. The van der Waals surface area contributed by atoms with E-state index in [1.807, 2.05) is 17.0 Å². The van der Waals surface area contributed by atoms with Gasteiger partial charge in [-0.1, -0.05) is 24.6 Å². The lowest BCUT2D eigenvalue weighted by molar-refractivity contribution is -0.118. The zero-order valence-electron chi connectivity index (χ0n) is 12.6. The van der Waals surface area contributed by atoms with Crippen LogP contribution >= 0.6 is 15.9 Å². The van der Waals surface area contributed by atoms with E-state index < -0.39 is 0 Å². The average Bonchev–Trinajstić information content (AvgIpc) is 2.88. The number of pyridine rings is 1. The molecule has 0 atom stereocenters. The van der Waals surface area contributed by atoms with Gasteiger partial charge >= 0.3 is 0 Å². The third-order valence-electron chi connectivity index (χ3n) is 5.16. The van der Waals surface area contributed by atoms with Crippen molar-refractivity contribution < 1.29 is 4.79 Å². The van der Waals surface area contributed by atoms with E-state index in [2.05, 4.69) is 33.0 Å². The predicted octanol–water partition coefficient (Wildman–Crippen LogP) is 3.15. The summed E-state index contributed by atoms with van der Waals surface area (Å²) in [6.07, 6.45) is 5.36. The first-order valence-corrected chi connectivity index (χ1v) is 8.66. The monoisotopic (exact) mass is 372 g/mol. The Morgan fingerprint density at radius 3 is 2.78 bits per heavy atom. The van der Waals surface area contributed by atoms with E-state index in [4.69, 9.17) is 0 Å². The average molecular weight is 373 g/mol. The van der Waals surface area contributed by atoms with Crippen molar-refractivity contribution in [2.45, 2.75) is 31.1 Å². The lowest BCUT2D eigenvalue weighted by atomic mass is 9.66. The van der Waals surface area contributed by atoms with Crippen molar-refractivity contribution in [3.63, 3.8) is 0 Å². The largest absolute Gasteiger partial charge is 0.328 e. The van der Waals surface area contributed by atoms with Crippen LogP contribution in [0.2, 0.25) is 0 Å². The molecule has 0 bridgehead atoms. The van der Waals surface area contributed by atoms with Crippen LogP contribution in [0.4, 0.5) is 5.69 Å². The number of anilines is 1. The van der Waals surface area contributed by atoms with Gasteiger partial charge in [-0.15, -0.1) is 0 Å². The number of benzene rings is 1. The number of carbonyl (C=O) groups excluding carboxylic acids is 1. The summed E-state index contributed by atoms with van der Waals surface area (Å²) in [5.74, 6) is 0.0486. The molecule has 0 saturated heterocycles. The highest BCUT2D eigenvalue weighted by Crippen LogP contribution is 2.52. The van der Waals surface area contributed by atoms with Crippen molar-refractivity contribution in [1.29, 1.82) is 0 Å². The molecule has 0 radical (unpaired) electrons. The Balaban J connectivity index is 1.65. The minimum atomic E-state index is -0.201. The van der Waals surface area contributed by atoms with Crippen LogP contribution in [0.25, 0.3) is 0 Å². The zero-order valence-corrected chi connectivity index (χ0v) is 14.2. The molecular weight excluding hydrogens is 356 g/mol. The Hall–Kier alpha value is -1.88. The normalized spacial score (nSPS) is 17.9. The highest BCUT2D eigenvalue weighted by atomic mass is 79.9. The van der Waals surface area contributed by atoms with Gasteiger partial charge in [-0.05, 0) is 52.0 Å². The first kappa shape index (κ1) is 14.7. The summed E-state index contributed by atoms with van der Waals surface area (Å²) in [6.45, 7) is 0.770. The summed E-state index contributed by atoms with van der Waals surface area (Å²) in [6, 6.07) is 10.0. The molecular formula is C18H17BrN2O2. The van der Waals surface area contributed by atoms with Gasteiger partial charge in [0.25, 0.3) is 5.56 Å².